The highest BCUT2D eigenvalue weighted by atomic mass is 16.5. The summed E-state index contributed by atoms with van der Waals surface area (Å²) in [5, 5.41) is 0. The second kappa shape index (κ2) is 9.41. The largest absolute Gasteiger partial charge is 0.479 e. The molecule has 164 valence electrons. The Labute approximate surface area is 184 Å². The topological polar surface area (TPSA) is 53.1 Å². The van der Waals surface area contributed by atoms with Gasteiger partial charge >= 0.3 is 0 Å². The number of carbonyl (C=O) groups excluding carboxylic acids is 2. The summed E-state index contributed by atoms with van der Waals surface area (Å²) in [6.45, 7) is 4.90. The molecule has 0 saturated carbocycles. The van der Waals surface area contributed by atoms with Crippen LogP contribution in [0.15, 0.2) is 48.5 Å². The molecule has 6 heteroatoms. The molecule has 1 atom stereocenters. The Morgan fingerprint density at radius 3 is 2.52 bits per heavy atom. The van der Waals surface area contributed by atoms with Gasteiger partial charge in [-0.1, -0.05) is 24.3 Å². The van der Waals surface area contributed by atoms with Gasteiger partial charge in [-0.15, -0.1) is 0 Å². The summed E-state index contributed by atoms with van der Waals surface area (Å²) >= 11 is 0. The number of ether oxygens (including phenoxy) is 1. The fraction of sp³-hybridized carbons (Fsp3) is 0.440. The van der Waals surface area contributed by atoms with Crippen LogP contribution in [0, 0.1) is 0 Å². The molecule has 2 amide bonds. The Bertz CT molecular complexity index is 922. The number of amides is 2. The summed E-state index contributed by atoms with van der Waals surface area (Å²) in [6, 6.07) is 16.0. The summed E-state index contributed by atoms with van der Waals surface area (Å²) in [7, 11) is 1.82. The SMILES string of the molecule is CC1Oc2ccccc2N(CCC(=O)N(C)Cc2ccc(N3CCCCC3)cc2)C1=O. The third kappa shape index (κ3) is 4.84. The first kappa shape index (κ1) is 21.2. The van der Waals surface area contributed by atoms with Crippen molar-refractivity contribution >= 4 is 23.2 Å². The first-order chi connectivity index (χ1) is 15.0. The van der Waals surface area contributed by atoms with Crippen LogP contribution >= 0.6 is 0 Å². The van der Waals surface area contributed by atoms with E-state index in [-0.39, 0.29) is 18.2 Å². The molecule has 2 aliphatic heterocycles. The molecular weight excluding hydrogens is 390 g/mol. The van der Waals surface area contributed by atoms with E-state index < -0.39 is 6.10 Å². The summed E-state index contributed by atoms with van der Waals surface area (Å²) in [6.07, 6.45) is 3.57. The first-order valence-corrected chi connectivity index (χ1v) is 11.2. The molecule has 0 spiro atoms. The second-order valence-electron chi connectivity index (χ2n) is 8.43. The van der Waals surface area contributed by atoms with Crippen molar-refractivity contribution in [1.82, 2.24) is 4.90 Å². The molecule has 0 N–H and O–H groups in total. The van der Waals surface area contributed by atoms with E-state index in [0.29, 0.717) is 18.8 Å². The van der Waals surface area contributed by atoms with Gasteiger partial charge < -0.3 is 19.4 Å². The number of hydrogen-bond donors (Lipinski definition) is 0. The van der Waals surface area contributed by atoms with E-state index in [9.17, 15) is 9.59 Å². The van der Waals surface area contributed by atoms with Gasteiger partial charge in [-0.2, -0.15) is 0 Å². The average Bonchev–Trinajstić information content (AvgIpc) is 2.80. The standard InChI is InChI=1S/C25H31N3O3/c1-19-25(30)28(22-8-4-5-9-23(22)31-19)17-14-24(29)26(2)18-20-10-12-21(13-11-20)27-15-6-3-7-16-27/h4-5,8-13,19H,3,6-7,14-18H2,1-2H3. The van der Waals surface area contributed by atoms with Gasteiger partial charge in [-0.25, -0.2) is 0 Å². The van der Waals surface area contributed by atoms with Crippen molar-refractivity contribution in [2.45, 2.75) is 45.3 Å². The second-order valence-corrected chi connectivity index (χ2v) is 8.43. The van der Waals surface area contributed by atoms with E-state index in [2.05, 4.69) is 29.2 Å². The number of anilines is 2. The normalized spacial score (nSPS) is 18.4. The quantitative estimate of drug-likeness (QED) is 0.711. The Morgan fingerprint density at radius 2 is 1.77 bits per heavy atom. The lowest BCUT2D eigenvalue weighted by molar-refractivity contribution is -0.130. The molecule has 2 aromatic carbocycles. The van der Waals surface area contributed by atoms with Crippen LogP contribution in [0.1, 0.15) is 38.2 Å². The van der Waals surface area contributed by atoms with Crippen LogP contribution in [0.4, 0.5) is 11.4 Å². The average molecular weight is 422 g/mol. The lowest BCUT2D eigenvalue weighted by atomic mass is 10.1. The molecule has 2 aromatic rings. The lowest BCUT2D eigenvalue weighted by Gasteiger charge is -2.33. The molecule has 2 heterocycles. The van der Waals surface area contributed by atoms with Gasteiger partial charge in [0.2, 0.25) is 5.91 Å². The molecule has 4 rings (SSSR count). The van der Waals surface area contributed by atoms with Gasteiger partial charge in [0.05, 0.1) is 5.69 Å². The smallest absolute Gasteiger partial charge is 0.267 e. The van der Waals surface area contributed by atoms with Crippen molar-refractivity contribution in [2.75, 3.05) is 36.5 Å². The van der Waals surface area contributed by atoms with E-state index >= 15 is 0 Å². The highest BCUT2D eigenvalue weighted by Gasteiger charge is 2.31. The van der Waals surface area contributed by atoms with Gasteiger partial charge in [0, 0.05) is 45.3 Å². The van der Waals surface area contributed by atoms with Crippen LogP contribution in [0.3, 0.4) is 0 Å². The van der Waals surface area contributed by atoms with E-state index in [4.69, 9.17) is 4.74 Å². The number of rotatable bonds is 6. The number of benzene rings is 2. The fourth-order valence-electron chi connectivity index (χ4n) is 4.31. The molecule has 2 aliphatic rings. The van der Waals surface area contributed by atoms with Crippen molar-refractivity contribution in [1.29, 1.82) is 0 Å². The van der Waals surface area contributed by atoms with E-state index in [1.54, 1.807) is 16.7 Å². The number of hydrogen-bond acceptors (Lipinski definition) is 4. The van der Waals surface area contributed by atoms with Crippen LogP contribution < -0.4 is 14.5 Å². The minimum absolute atomic E-state index is 0.0181. The van der Waals surface area contributed by atoms with Gasteiger partial charge in [-0.05, 0) is 56.0 Å². The summed E-state index contributed by atoms with van der Waals surface area (Å²) in [5.41, 5.74) is 3.10. The molecule has 1 saturated heterocycles. The van der Waals surface area contributed by atoms with E-state index in [1.807, 2.05) is 31.3 Å². The molecule has 0 bridgehead atoms. The lowest BCUT2D eigenvalue weighted by Crippen LogP contribution is -2.45. The van der Waals surface area contributed by atoms with Crippen molar-refractivity contribution in [3.8, 4) is 5.75 Å². The third-order valence-electron chi connectivity index (χ3n) is 6.13. The van der Waals surface area contributed by atoms with Gasteiger partial charge in [-0.3, -0.25) is 9.59 Å². The Balaban J connectivity index is 1.33. The molecule has 0 aromatic heterocycles. The predicted octanol–water partition coefficient (Wildman–Crippen LogP) is 3.84. The summed E-state index contributed by atoms with van der Waals surface area (Å²) in [5.74, 6) is 0.594. The number of para-hydroxylation sites is 2. The zero-order valence-electron chi connectivity index (χ0n) is 18.4. The number of nitrogens with zero attached hydrogens (tertiary/aromatic N) is 3. The first-order valence-electron chi connectivity index (χ1n) is 11.2. The third-order valence-corrected chi connectivity index (χ3v) is 6.13. The predicted molar refractivity (Wildman–Crippen MR) is 122 cm³/mol. The Morgan fingerprint density at radius 1 is 1.06 bits per heavy atom. The molecule has 31 heavy (non-hydrogen) atoms. The number of piperidine rings is 1. The van der Waals surface area contributed by atoms with E-state index in [0.717, 1.165) is 24.3 Å². The highest BCUT2D eigenvalue weighted by Crippen LogP contribution is 2.33. The number of fused-ring (bicyclic) bond motifs is 1. The van der Waals surface area contributed by atoms with Crippen LogP contribution in [0.5, 0.6) is 5.75 Å². The summed E-state index contributed by atoms with van der Waals surface area (Å²) < 4.78 is 5.67. The minimum Gasteiger partial charge on any atom is -0.479 e. The molecule has 0 radical (unpaired) electrons. The van der Waals surface area contributed by atoms with Crippen LogP contribution in [-0.4, -0.2) is 49.5 Å². The zero-order valence-corrected chi connectivity index (χ0v) is 18.4. The Hall–Kier alpha value is -3.02. The maximum Gasteiger partial charge on any atom is 0.267 e. The van der Waals surface area contributed by atoms with Gasteiger partial charge in [0.1, 0.15) is 5.75 Å². The number of carbonyl (C=O) groups is 2. The van der Waals surface area contributed by atoms with Crippen LogP contribution in [0.25, 0.3) is 0 Å². The van der Waals surface area contributed by atoms with Crippen molar-refractivity contribution < 1.29 is 14.3 Å². The van der Waals surface area contributed by atoms with Gasteiger partial charge in [0.15, 0.2) is 6.10 Å². The molecule has 1 fully saturated rings. The molecule has 1 unspecified atom stereocenters. The molecule has 0 aliphatic carbocycles. The fourth-order valence-corrected chi connectivity index (χ4v) is 4.31. The molecule has 6 nitrogen and oxygen atoms in total. The zero-order chi connectivity index (χ0) is 21.8. The monoisotopic (exact) mass is 421 g/mol. The van der Waals surface area contributed by atoms with Crippen molar-refractivity contribution in [3.63, 3.8) is 0 Å². The van der Waals surface area contributed by atoms with Crippen LogP contribution in [0.2, 0.25) is 0 Å². The van der Waals surface area contributed by atoms with Gasteiger partial charge in [0.25, 0.3) is 5.91 Å². The van der Waals surface area contributed by atoms with E-state index in [1.165, 1.54) is 24.9 Å². The highest BCUT2D eigenvalue weighted by molar-refractivity contribution is 6.00. The van der Waals surface area contributed by atoms with Crippen LogP contribution in [-0.2, 0) is 16.1 Å². The summed E-state index contributed by atoms with van der Waals surface area (Å²) in [4.78, 5) is 31.2. The maximum absolute atomic E-state index is 12.8. The molecular formula is C25H31N3O3. The Kier molecular flexibility index (Phi) is 6.44. The minimum atomic E-state index is -0.541. The maximum atomic E-state index is 12.8. The van der Waals surface area contributed by atoms with Crippen molar-refractivity contribution in [3.05, 3.63) is 54.1 Å². The van der Waals surface area contributed by atoms with Crippen molar-refractivity contribution in [2.24, 2.45) is 0 Å².